The number of carboxylic acids is 1. The molecule has 10 N–H and O–H groups in total. The van der Waals surface area contributed by atoms with Crippen LogP contribution in [0.15, 0.2) is 36.4 Å². The molecule has 172 valence electrons. The third-order valence-electron chi connectivity index (χ3n) is 2.95. The molecule has 0 amide bonds. The largest absolute Gasteiger partial charge is 0.665 e. The Labute approximate surface area is 178 Å². The molecule has 0 spiro atoms. The molecule has 10 heteroatoms. The van der Waals surface area contributed by atoms with Gasteiger partial charge in [0.05, 0.1) is 0 Å². The summed E-state index contributed by atoms with van der Waals surface area (Å²) in [6.07, 6.45) is 1.43. The molecule has 0 saturated heterocycles. The highest BCUT2D eigenvalue weighted by Gasteiger charge is 1.99. The van der Waals surface area contributed by atoms with E-state index >= 15 is 0 Å². The molecule has 2 rings (SSSR count). The van der Waals surface area contributed by atoms with Crippen LogP contribution < -0.4 is 11.5 Å². The van der Waals surface area contributed by atoms with Crippen LogP contribution in [0.4, 0.5) is 0 Å². The molecule has 0 heterocycles. The molecule has 2 aromatic rings. The maximum Gasteiger partial charge on any atom is 0.300 e. The van der Waals surface area contributed by atoms with Crippen LogP contribution in [0.2, 0.25) is 0 Å². The summed E-state index contributed by atoms with van der Waals surface area (Å²) in [6, 6.07) is 9.43. The van der Waals surface area contributed by atoms with E-state index in [1.807, 2.05) is 0 Å². The van der Waals surface area contributed by atoms with Gasteiger partial charge in [0, 0.05) is 9.89 Å². The number of aliphatic hydroxyl groups excluding tert-OH is 1. The molecule has 0 aliphatic heterocycles. The maximum atomic E-state index is 9.04. The minimum absolute atomic E-state index is 0. The zero-order valence-corrected chi connectivity index (χ0v) is 15.9. The average Bonchev–Trinajstić information content (AvgIpc) is 2.70. The molecule has 0 aromatic heterocycles. The Kier molecular flexibility index (Phi) is 18.0. The molecule has 0 aliphatic carbocycles. The van der Waals surface area contributed by atoms with E-state index in [4.69, 9.17) is 54.7 Å². The van der Waals surface area contributed by atoms with Crippen molar-refractivity contribution >= 4 is 12.4 Å². The molecule has 0 radical (unpaired) electrons. The Hall–Kier alpha value is -3.50. The Bertz CT molecular complexity index is 692. The minimum atomic E-state index is -0.833. The summed E-state index contributed by atoms with van der Waals surface area (Å²) >= 11 is 0. The van der Waals surface area contributed by atoms with Gasteiger partial charge in [-0.2, -0.15) is 0 Å². The van der Waals surface area contributed by atoms with E-state index in [2.05, 4.69) is 0 Å². The van der Waals surface area contributed by atoms with Crippen LogP contribution in [-0.2, 0) is 22.4 Å². The Morgan fingerprint density at radius 2 is 1.17 bits per heavy atom. The first-order chi connectivity index (χ1) is 14.6. The van der Waals surface area contributed by atoms with Crippen molar-refractivity contribution in [3.05, 3.63) is 47.5 Å². The highest BCUT2D eigenvalue weighted by molar-refractivity contribution is 5.62. The maximum absolute atomic E-state index is 9.04. The lowest BCUT2D eigenvalue weighted by Gasteiger charge is -2.00. The van der Waals surface area contributed by atoms with E-state index in [1.165, 1.54) is 24.3 Å². The van der Waals surface area contributed by atoms with Crippen molar-refractivity contribution in [2.24, 2.45) is 11.5 Å². The second-order valence-corrected chi connectivity index (χ2v) is 5.33. The first-order valence-electron chi connectivity index (χ1n) is 9.25. The fourth-order valence-electron chi connectivity index (χ4n) is 1.78. The van der Waals surface area contributed by atoms with Crippen LogP contribution in [0.3, 0.4) is 0 Å². The van der Waals surface area contributed by atoms with Crippen molar-refractivity contribution in [2.45, 2.75) is 27.2 Å². The molecule has 0 atom stereocenters. The minimum Gasteiger partial charge on any atom is -0.665 e. The molecule has 0 aliphatic rings. The zero-order chi connectivity index (χ0) is 24.8. The molecule has 0 saturated carbocycles. The van der Waals surface area contributed by atoms with Gasteiger partial charge in [0.15, 0.2) is 23.0 Å². The molecule has 0 unspecified atom stereocenters. The number of aromatic hydroxyl groups is 4. The molecule has 10 nitrogen and oxygen atoms in total. The average molecular weight is 432 g/mol. The molecular formula is C20H33N2O8-. The van der Waals surface area contributed by atoms with Crippen LogP contribution in [0.1, 0.15) is 28.4 Å². The fraction of sp³-hybridized carbons (Fsp3) is 0.300. The van der Waals surface area contributed by atoms with E-state index in [0.717, 1.165) is 18.1 Å². The summed E-state index contributed by atoms with van der Waals surface area (Å²) in [5.41, 5.74) is 12.5. The molecule has 0 fully saturated rings. The summed E-state index contributed by atoms with van der Waals surface area (Å²) in [5.74, 6) is -1.19. The highest BCUT2D eigenvalue weighted by atomic mass is 16.4. The van der Waals surface area contributed by atoms with Crippen molar-refractivity contribution in [1.29, 1.82) is 0 Å². The molecule has 2 aromatic carbocycles. The first kappa shape index (κ1) is 28.7. The van der Waals surface area contributed by atoms with Crippen molar-refractivity contribution in [3.8, 4) is 23.0 Å². The predicted molar refractivity (Wildman–Crippen MR) is 116 cm³/mol. The van der Waals surface area contributed by atoms with Gasteiger partial charge < -0.3 is 46.9 Å². The highest BCUT2D eigenvalue weighted by Crippen LogP contribution is 2.25. The number of hydrogen-bond donors (Lipinski definition) is 8. The van der Waals surface area contributed by atoms with Gasteiger partial charge >= 0.3 is 0 Å². The number of carbonyl (C=O) groups is 1. The zero-order valence-electron chi connectivity index (χ0n) is 17.9. The SMILES string of the molecule is C.CC(=O)O.NCCc1ccc(O)c(O)c1.NCCc1ccc(O)c(O)c1.O=[13C-]O.[2H][2H]. The molecule has 0 bridgehead atoms. The monoisotopic (exact) mass is 432 g/mol. The van der Waals surface area contributed by atoms with Crippen molar-refractivity contribution in [2.75, 3.05) is 13.1 Å². The topological polar surface area (TPSA) is 208 Å². The van der Waals surface area contributed by atoms with Gasteiger partial charge in [-0.1, -0.05) is 26.0 Å². The number of rotatable bonds is 4. The lowest BCUT2D eigenvalue weighted by atomic mass is 10.1. The second-order valence-electron chi connectivity index (χ2n) is 5.33. The molecule has 30 heavy (non-hydrogen) atoms. The number of benzene rings is 2. The lowest BCUT2D eigenvalue weighted by molar-refractivity contribution is -0.134. The van der Waals surface area contributed by atoms with E-state index in [1.54, 1.807) is 12.1 Å². The summed E-state index contributed by atoms with van der Waals surface area (Å²) in [7, 11) is 0. The standard InChI is InChI=1S/2C8H11NO2.C2H4O2.CHO2.CH4.H2/c2*9-4-3-6-1-2-7(10)8(11)5-6;1-2(3)4;2-1-3;;/h2*1-2,5,10-11H,3-4,9H2;1H3,(H,3,4);(H,2,3);1H4;1H/q;;;-1;;/i;;;1+1;;1+1D. The van der Waals surface area contributed by atoms with Gasteiger partial charge in [0.1, 0.15) is 0 Å². The number of nitrogens with two attached hydrogens (primary N) is 2. The third kappa shape index (κ3) is 16.7. The van der Waals surface area contributed by atoms with Crippen LogP contribution >= 0.6 is 0 Å². The van der Waals surface area contributed by atoms with Crippen LogP contribution in [0.5, 0.6) is 23.0 Å². The van der Waals surface area contributed by atoms with Crippen LogP contribution in [0, 0.1) is 0 Å². The fourth-order valence-corrected chi connectivity index (χ4v) is 1.78. The Morgan fingerprint density at radius 1 is 0.900 bits per heavy atom. The number of aliphatic carboxylic acids is 1. The van der Waals surface area contributed by atoms with Gasteiger partial charge in [0.25, 0.3) is 5.97 Å². The normalized spacial score (nSPS) is 8.77. The van der Waals surface area contributed by atoms with Crippen molar-refractivity contribution in [3.63, 3.8) is 0 Å². The smallest absolute Gasteiger partial charge is 0.300 e. The van der Waals surface area contributed by atoms with E-state index in [9.17, 15) is 0 Å². The Balaban J connectivity index is -0.000000176. The van der Waals surface area contributed by atoms with Crippen LogP contribution in [-0.4, -0.2) is 56.2 Å². The summed E-state index contributed by atoms with van der Waals surface area (Å²) in [4.78, 5) is 17.2. The van der Waals surface area contributed by atoms with Gasteiger partial charge in [-0.3, -0.25) is 4.79 Å². The van der Waals surface area contributed by atoms with Gasteiger partial charge in [-0.25, -0.2) is 0 Å². The summed E-state index contributed by atoms with van der Waals surface area (Å²) in [5, 5.41) is 50.1. The van der Waals surface area contributed by atoms with E-state index < -0.39 is 5.97 Å². The summed E-state index contributed by atoms with van der Waals surface area (Å²) < 4.78 is 10.0. The van der Waals surface area contributed by atoms with Crippen LogP contribution in [0.25, 0.3) is 0 Å². The number of phenolic OH excluding ortho intramolecular Hbond substituents is 4. The predicted octanol–water partition coefficient (Wildman–Crippen LogP) is 1.78. The van der Waals surface area contributed by atoms with Crippen molar-refractivity contribution in [1.82, 2.24) is 0 Å². The molecular weight excluding hydrogens is 397 g/mol. The van der Waals surface area contributed by atoms with E-state index in [-0.39, 0.29) is 30.4 Å². The quantitative estimate of drug-likeness (QED) is 0.199. The lowest BCUT2D eigenvalue weighted by Crippen LogP contribution is -2.02. The second kappa shape index (κ2) is 18.8. The van der Waals surface area contributed by atoms with Gasteiger partial charge in [-0.15, -0.1) is 0 Å². The van der Waals surface area contributed by atoms with E-state index in [0.29, 0.717) is 32.4 Å². The number of carboxylic acid groups (broad SMARTS) is 1. The Morgan fingerprint density at radius 3 is 1.37 bits per heavy atom. The first-order valence-corrected chi connectivity index (χ1v) is 8.25. The third-order valence-corrected chi connectivity index (χ3v) is 2.95. The van der Waals surface area contributed by atoms with Gasteiger partial charge in [0.2, 0.25) is 0 Å². The number of phenols is 4. The van der Waals surface area contributed by atoms with Gasteiger partial charge in [-0.05, 0) is 61.3 Å². The number of hydrogen-bond acceptors (Lipinski definition) is 8. The summed E-state index contributed by atoms with van der Waals surface area (Å²) in [6.45, 7) is 2.68. The van der Waals surface area contributed by atoms with Crippen molar-refractivity contribution < 1.29 is 43.2 Å².